The lowest BCUT2D eigenvalue weighted by Gasteiger charge is -2.04. The molecule has 2 aromatic rings. The Labute approximate surface area is 85.5 Å². The molecule has 2 rings (SSSR count). The van der Waals surface area contributed by atoms with Crippen molar-refractivity contribution in [2.45, 2.75) is 6.92 Å². The molecule has 4 heteroatoms. The fourth-order valence-corrected chi connectivity index (χ4v) is 1.54. The lowest BCUT2D eigenvalue weighted by atomic mass is 10.2. The highest BCUT2D eigenvalue weighted by atomic mass is 19.1. The number of halogens is 1. The van der Waals surface area contributed by atoms with Gasteiger partial charge in [-0.1, -0.05) is 0 Å². The summed E-state index contributed by atoms with van der Waals surface area (Å²) in [6, 6.07) is 4.11. The van der Waals surface area contributed by atoms with E-state index in [2.05, 4.69) is 4.98 Å². The quantitative estimate of drug-likeness (QED) is 0.776. The molecule has 1 aromatic carbocycles. The highest BCUT2D eigenvalue weighted by molar-refractivity contribution is 5.80. The number of hydrogen-bond acceptors (Lipinski definition) is 2. The van der Waals surface area contributed by atoms with Gasteiger partial charge in [-0.05, 0) is 13.0 Å². The summed E-state index contributed by atoms with van der Waals surface area (Å²) in [6.45, 7) is 1.77. The molecular weight excluding hydrogens is 197 g/mol. The number of aromatic amines is 1. The van der Waals surface area contributed by atoms with Gasteiger partial charge >= 0.3 is 0 Å². The number of H-pyrrole nitrogens is 1. The fourth-order valence-electron chi connectivity index (χ4n) is 1.54. The average Bonchev–Trinajstić information content (AvgIpc) is 2.18. The number of methoxy groups -OCH3 is 1. The van der Waals surface area contributed by atoms with E-state index < -0.39 is 5.82 Å². The first kappa shape index (κ1) is 9.71. The zero-order valence-corrected chi connectivity index (χ0v) is 8.43. The monoisotopic (exact) mass is 207 g/mol. The van der Waals surface area contributed by atoms with E-state index in [0.717, 1.165) is 5.69 Å². The van der Waals surface area contributed by atoms with Gasteiger partial charge in [0.15, 0.2) is 17.0 Å². The zero-order valence-electron chi connectivity index (χ0n) is 8.43. The molecule has 1 N–H and O–H groups in total. The highest BCUT2D eigenvalue weighted by Gasteiger charge is 2.07. The fraction of sp³-hybridized carbons (Fsp3) is 0.182. The second kappa shape index (κ2) is 3.38. The van der Waals surface area contributed by atoms with Gasteiger partial charge in [0.1, 0.15) is 0 Å². The summed E-state index contributed by atoms with van der Waals surface area (Å²) in [5.74, 6) is -0.400. The molecular formula is C11H10FNO2. The molecule has 0 radical (unpaired) electrons. The molecule has 0 aliphatic carbocycles. The Morgan fingerprint density at radius 1 is 1.33 bits per heavy atom. The minimum Gasteiger partial charge on any atom is -0.494 e. The summed E-state index contributed by atoms with van der Waals surface area (Å²) < 4.78 is 18.2. The largest absolute Gasteiger partial charge is 0.494 e. The second-order valence-corrected chi connectivity index (χ2v) is 3.35. The van der Waals surface area contributed by atoms with Crippen molar-refractivity contribution >= 4 is 10.9 Å². The molecule has 0 fully saturated rings. The van der Waals surface area contributed by atoms with Crippen molar-refractivity contribution in [3.8, 4) is 5.75 Å². The van der Waals surface area contributed by atoms with E-state index in [1.807, 2.05) is 0 Å². The standard InChI is InChI=1S/C11H10FNO2/c1-6-3-10(14)7-4-8(12)11(15-2)5-9(7)13-6/h3-5H,1-2H3,(H,13,14). The number of nitrogens with one attached hydrogen (secondary N) is 1. The first-order valence-corrected chi connectivity index (χ1v) is 4.49. The molecule has 3 nitrogen and oxygen atoms in total. The van der Waals surface area contributed by atoms with Gasteiger partial charge in [-0.25, -0.2) is 4.39 Å². The number of aromatic nitrogens is 1. The van der Waals surface area contributed by atoms with Crippen LogP contribution in [0.25, 0.3) is 10.9 Å². The van der Waals surface area contributed by atoms with Crippen LogP contribution in [0.15, 0.2) is 23.0 Å². The molecule has 1 aromatic heterocycles. The number of benzene rings is 1. The van der Waals surface area contributed by atoms with Gasteiger partial charge in [0, 0.05) is 23.2 Å². The van der Waals surface area contributed by atoms with Gasteiger partial charge in [-0.15, -0.1) is 0 Å². The van der Waals surface area contributed by atoms with Crippen molar-refractivity contribution in [2.24, 2.45) is 0 Å². The van der Waals surface area contributed by atoms with E-state index in [4.69, 9.17) is 4.74 Å². The van der Waals surface area contributed by atoms with Crippen molar-refractivity contribution in [1.29, 1.82) is 0 Å². The summed E-state index contributed by atoms with van der Waals surface area (Å²) in [7, 11) is 1.39. The second-order valence-electron chi connectivity index (χ2n) is 3.35. The molecule has 78 valence electrons. The Morgan fingerprint density at radius 3 is 2.73 bits per heavy atom. The van der Waals surface area contributed by atoms with Crippen LogP contribution in [-0.4, -0.2) is 12.1 Å². The van der Waals surface area contributed by atoms with Crippen LogP contribution in [0, 0.1) is 12.7 Å². The van der Waals surface area contributed by atoms with E-state index in [-0.39, 0.29) is 11.2 Å². The topological polar surface area (TPSA) is 42.1 Å². The Morgan fingerprint density at radius 2 is 2.07 bits per heavy atom. The number of rotatable bonds is 1. The maximum Gasteiger partial charge on any atom is 0.189 e. The third kappa shape index (κ3) is 1.58. The van der Waals surface area contributed by atoms with Crippen LogP contribution < -0.4 is 10.2 Å². The van der Waals surface area contributed by atoms with Crippen LogP contribution >= 0.6 is 0 Å². The van der Waals surface area contributed by atoms with E-state index >= 15 is 0 Å². The lowest BCUT2D eigenvalue weighted by Crippen LogP contribution is -2.04. The minimum atomic E-state index is -0.528. The number of hydrogen-bond donors (Lipinski definition) is 1. The highest BCUT2D eigenvalue weighted by Crippen LogP contribution is 2.21. The predicted octanol–water partition coefficient (Wildman–Crippen LogP) is 1.98. The van der Waals surface area contributed by atoms with Crippen LogP contribution in [-0.2, 0) is 0 Å². The minimum absolute atomic E-state index is 0.128. The Bertz CT molecular complexity index is 575. The molecule has 0 spiro atoms. The third-order valence-corrected chi connectivity index (χ3v) is 2.24. The molecule has 0 amide bonds. The predicted molar refractivity (Wildman–Crippen MR) is 55.8 cm³/mol. The van der Waals surface area contributed by atoms with Gasteiger partial charge in [0.05, 0.1) is 12.6 Å². The Hall–Kier alpha value is -1.84. The third-order valence-electron chi connectivity index (χ3n) is 2.24. The first-order chi connectivity index (χ1) is 7.11. The summed E-state index contributed by atoms with van der Waals surface area (Å²) in [4.78, 5) is 14.5. The number of aryl methyl sites for hydroxylation is 1. The van der Waals surface area contributed by atoms with Gasteiger partial charge in [-0.3, -0.25) is 4.79 Å². The molecule has 15 heavy (non-hydrogen) atoms. The molecule has 0 unspecified atom stereocenters. The van der Waals surface area contributed by atoms with Crippen LogP contribution in [0.5, 0.6) is 5.75 Å². The summed E-state index contributed by atoms with van der Waals surface area (Å²) in [6.07, 6.45) is 0. The van der Waals surface area contributed by atoms with Crippen LogP contribution in [0.3, 0.4) is 0 Å². The molecule has 0 saturated carbocycles. The van der Waals surface area contributed by atoms with Gasteiger partial charge in [0.2, 0.25) is 0 Å². The van der Waals surface area contributed by atoms with Crippen molar-refractivity contribution < 1.29 is 9.13 Å². The molecule has 0 atom stereocenters. The van der Waals surface area contributed by atoms with Gasteiger partial charge in [-0.2, -0.15) is 0 Å². The summed E-state index contributed by atoms with van der Waals surface area (Å²) >= 11 is 0. The number of pyridine rings is 1. The van der Waals surface area contributed by atoms with Crippen molar-refractivity contribution in [2.75, 3.05) is 7.11 Å². The number of ether oxygens (including phenoxy) is 1. The van der Waals surface area contributed by atoms with Crippen LogP contribution in [0.4, 0.5) is 4.39 Å². The normalized spacial score (nSPS) is 10.6. The molecule has 0 saturated heterocycles. The van der Waals surface area contributed by atoms with E-state index in [1.165, 1.54) is 25.3 Å². The number of fused-ring (bicyclic) bond motifs is 1. The van der Waals surface area contributed by atoms with Crippen molar-refractivity contribution in [1.82, 2.24) is 4.98 Å². The molecule has 1 heterocycles. The maximum absolute atomic E-state index is 13.3. The van der Waals surface area contributed by atoms with E-state index in [1.54, 1.807) is 6.92 Å². The smallest absolute Gasteiger partial charge is 0.189 e. The van der Waals surface area contributed by atoms with E-state index in [9.17, 15) is 9.18 Å². The molecule has 0 bridgehead atoms. The lowest BCUT2D eigenvalue weighted by molar-refractivity contribution is 0.387. The molecule has 0 aliphatic rings. The van der Waals surface area contributed by atoms with Crippen molar-refractivity contribution in [3.05, 3.63) is 39.9 Å². The Balaban J connectivity index is 2.87. The van der Waals surface area contributed by atoms with Crippen molar-refractivity contribution in [3.63, 3.8) is 0 Å². The first-order valence-electron chi connectivity index (χ1n) is 4.49. The van der Waals surface area contributed by atoms with Gasteiger partial charge in [0.25, 0.3) is 0 Å². The van der Waals surface area contributed by atoms with E-state index in [0.29, 0.717) is 10.9 Å². The zero-order chi connectivity index (χ0) is 11.0. The van der Waals surface area contributed by atoms with Crippen LogP contribution in [0.1, 0.15) is 5.69 Å². The summed E-state index contributed by atoms with van der Waals surface area (Å²) in [5, 5.41) is 0.332. The SMILES string of the molecule is COc1cc2[nH]c(C)cc(=O)c2cc1F. The van der Waals surface area contributed by atoms with Crippen LogP contribution in [0.2, 0.25) is 0 Å². The molecule has 0 aliphatic heterocycles. The Kier molecular flexibility index (Phi) is 2.19. The average molecular weight is 207 g/mol. The maximum atomic E-state index is 13.3. The van der Waals surface area contributed by atoms with Gasteiger partial charge < -0.3 is 9.72 Å². The summed E-state index contributed by atoms with van der Waals surface area (Å²) in [5.41, 5.74) is 1.13.